The van der Waals surface area contributed by atoms with Crippen LogP contribution in [0, 0.1) is 0 Å². The minimum absolute atomic E-state index is 0.427. The number of nitrogens with one attached hydrogen (secondary N) is 1. The average Bonchev–Trinajstić information content (AvgIpc) is 2.72. The molecule has 18 heavy (non-hydrogen) atoms. The van der Waals surface area contributed by atoms with Crippen molar-refractivity contribution in [1.29, 1.82) is 0 Å². The van der Waals surface area contributed by atoms with Gasteiger partial charge in [0.25, 0.3) is 0 Å². The number of halogens is 3. The van der Waals surface area contributed by atoms with Gasteiger partial charge in [0, 0.05) is 19.4 Å². The third-order valence-electron chi connectivity index (χ3n) is 2.43. The van der Waals surface area contributed by atoms with Gasteiger partial charge in [-0.05, 0) is 12.1 Å². The molecule has 0 aliphatic heterocycles. The third kappa shape index (κ3) is 2.79. The molecule has 1 N–H and O–H groups in total. The molecule has 0 unspecified atom stereocenters. The quantitative estimate of drug-likeness (QED) is 0.917. The molecule has 0 radical (unpaired) electrons. The van der Waals surface area contributed by atoms with Crippen LogP contribution in [0.4, 0.5) is 18.9 Å². The zero-order valence-electron chi connectivity index (χ0n) is 9.57. The number of imidazole rings is 1. The van der Waals surface area contributed by atoms with Gasteiger partial charge in [-0.2, -0.15) is 13.2 Å². The Hall–Kier alpha value is -2.05. The van der Waals surface area contributed by atoms with E-state index < -0.39 is 11.9 Å². The van der Waals surface area contributed by atoms with Crippen LogP contribution in [0.15, 0.2) is 30.7 Å². The Balaban J connectivity index is 2.01. The second-order valence-corrected chi connectivity index (χ2v) is 3.74. The standard InChI is InChI=1S/C11H11F3N4/c1-18-5-4-15-10(18)7-16-8-2-3-9(17-6-8)11(12,13)14/h2-6,16H,7H2,1H3. The molecule has 0 amide bonds. The van der Waals surface area contributed by atoms with Crippen molar-refractivity contribution >= 4 is 5.69 Å². The predicted octanol–water partition coefficient (Wildman–Crippen LogP) is 2.45. The number of pyridine rings is 1. The summed E-state index contributed by atoms with van der Waals surface area (Å²) in [5, 5.41) is 2.95. The van der Waals surface area contributed by atoms with Gasteiger partial charge in [-0.1, -0.05) is 0 Å². The SMILES string of the molecule is Cn1ccnc1CNc1ccc(C(F)(F)F)nc1. The van der Waals surface area contributed by atoms with E-state index >= 15 is 0 Å². The van der Waals surface area contributed by atoms with E-state index in [1.165, 1.54) is 6.07 Å². The highest BCUT2D eigenvalue weighted by molar-refractivity contribution is 5.41. The van der Waals surface area contributed by atoms with Crippen LogP contribution in [-0.4, -0.2) is 14.5 Å². The number of hydrogen-bond donors (Lipinski definition) is 1. The summed E-state index contributed by atoms with van der Waals surface area (Å²) in [6.45, 7) is 0.427. The van der Waals surface area contributed by atoms with Crippen LogP contribution in [0.1, 0.15) is 11.5 Å². The van der Waals surface area contributed by atoms with Crippen molar-refractivity contribution in [3.63, 3.8) is 0 Å². The molecule has 0 bridgehead atoms. The number of nitrogens with zero attached hydrogens (tertiary/aromatic N) is 3. The van der Waals surface area contributed by atoms with Crippen LogP contribution >= 0.6 is 0 Å². The predicted molar refractivity (Wildman–Crippen MR) is 59.8 cm³/mol. The van der Waals surface area contributed by atoms with Crippen LogP contribution in [-0.2, 0) is 19.8 Å². The second-order valence-electron chi connectivity index (χ2n) is 3.74. The van der Waals surface area contributed by atoms with Crippen molar-refractivity contribution in [2.24, 2.45) is 7.05 Å². The normalized spacial score (nSPS) is 11.6. The molecule has 2 rings (SSSR count). The van der Waals surface area contributed by atoms with Gasteiger partial charge >= 0.3 is 6.18 Å². The Morgan fingerprint density at radius 1 is 1.28 bits per heavy atom. The fourth-order valence-electron chi connectivity index (χ4n) is 1.41. The van der Waals surface area contributed by atoms with Crippen LogP contribution in [0.3, 0.4) is 0 Å². The van der Waals surface area contributed by atoms with Gasteiger partial charge in [-0.3, -0.25) is 0 Å². The Labute approximate surface area is 101 Å². The molecule has 2 heterocycles. The maximum absolute atomic E-state index is 12.3. The van der Waals surface area contributed by atoms with Crippen LogP contribution in [0.5, 0.6) is 0 Å². The Kier molecular flexibility index (Phi) is 3.22. The van der Waals surface area contributed by atoms with E-state index in [9.17, 15) is 13.2 Å². The molecular formula is C11H11F3N4. The van der Waals surface area contributed by atoms with E-state index in [0.717, 1.165) is 18.1 Å². The molecule has 96 valence electrons. The first-order valence-electron chi connectivity index (χ1n) is 5.20. The third-order valence-corrected chi connectivity index (χ3v) is 2.43. The number of alkyl halides is 3. The van der Waals surface area contributed by atoms with Crippen molar-refractivity contribution in [3.05, 3.63) is 42.2 Å². The fraction of sp³-hybridized carbons (Fsp3) is 0.273. The highest BCUT2D eigenvalue weighted by Gasteiger charge is 2.31. The number of aromatic nitrogens is 3. The van der Waals surface area contributed by atoms with E-state index in [4.69, 9.17) is 0 Å². The molecule has 2 aromatic heterocycles. The summed E-state index contributed by atoms with van der Waals surface area (Å²) in [6, 6.07) is 2.29. The molecule has 0 atom stereocenters. The van der Waals surface area contributed by atoms with Crippen molar-refractivity contribution < 1.29 is 13.2 Å². The highest BCUT2D eigenvalue weighted by atomic mass is 19.4. The van der Waals surface area contributed by atoms with Gasteiger partial charge < -0.3 is 9.88 Å². The van der Waals surface area contributed by atoms with Crippen LogP contribution in [0.25, 0.3) is 0 Å². The van der Waals surface area contributed by atoms with Crippen molar-refractivity contribution in [2.75, 3.05) is 5.32 Å². The summed E-state index contributed by atoms with van der Waals surface area (Å²) < 4.78 is 38.7. The summed E-state index contributed by atoms with van der Waals surface area (Å²) >= 11 is 0. The van der Waals surface area contributed by atoms with E-state index in [-0.39, 0.29) is 0 Å². The lowest BCUT2D eigenvalue weighted by atomic mass is 10.3. The Morgan fingerprint density at radius 2 is 2.06 bits per heavy atom. The second kappa shape index (κ2) is 4.67. The fourth-order valence-corrected chi connectivity index (χ4v) is 1.41. The number of anilines is 1. The first kappa shape index (κ1) is 12.4. The number of hydrogen-bond acceptors (Lipinski definition) is 3. The molecule has 0 aromatic carbocycles. The number of aryl methyl sites for hydroxylation is 1. The molecule has 0 spiro atoms. The van der Waals surface area contributed by atoms with Gasteiger partial charge in [0.2, 0.25) is 0 Å². The lowest BCUT2D eigenvalue weighted by Gasteiger charge is -2.08. The molecule has 2 aromatic rings. The average molecular weight is 256 g/mol. The van der Waals surface area contributed by atoms with Crippen molar-refractivity contribution in [1.82, 2.24) is 14.5 Å². The minimum atomic E-state index is -4.40. The summed E-state index contributed by atoms with van der Waals surface area (Å²) in [5.41, 5.74) is -0.379. The van der Waals surface area contributed by atoms with Crippen molar-refractivity contribution in [2.45, 2.75) is 12.7 Å². The molecule has 0 saturated heterocycles. The van der Waals surface area contributed by atoms with Crippen LogP contribution < -0.4 is 5.32 Å². The first-order chi connectivity index (χ1) is 8.47. The van der Waals surface area contributed by atoms with E-state index in [1.807, 2.05) is 11.6 Å². The molecular weight excluding hydrogens is 245 g/mol. The van der Waals surface area contributed by atoms with Gasteiger partial charge in [0.15, 0.2) is 0 Å². The monoisotopic (exact) mass is 256 g/mol. The largest absolute Gasteiger partial charge is 0.433 e. The zero-order chi connectivity index (χ0) is 13.2. The van der Waals surface area contributed by atoms with E-state index in [1.54, 1.807) is 12.4 Å². The van der Waals surface area contributed by atoms with Gasteiger partial charge in [0.1, 0.15) is 11.5 Å². The van der Waals surface area contributed by atoms with Gasteiger partial charge in [0.05, 0.1) is 18.4 Å². The minimum Gasteiger partial charge on any atom is -0.377 e. The Morgan fingerprint density at radius 3 is 2.56 bits per heavy atom. The lowest BCUT2D eigenvalue weighted by molar-refractivity contribution is -0.141. The van der Waals surface area contributed by atoms with Gasteiger partial charge in [-0.15, -0.1) is 0 Å². The molecule has 0 fully saturated rings. The first-order valence-corrected chi connectivity index (χ1v) is 5.20. The maximum atomic E-state index is 12.3. The molecule has 4 nitrogen and oxygen atoms in total. The van der Waals surface area contributed by atoms with Gasteiger partial charge in [-0.25, -0.2) is 9.97 Å². The highest BCUT2D eigenvalue weighted by Crippen LogP contribution is 2.27. The zero-order valence-corrected chi connectivity index (χ0v) is 9.57. The molecule has 0 aliphatic carbocycles. The summed E-state index contributed by atoms with van der Waals surface area (Å²) in [5.74, 6) is 0.787. The van der Waals surface area contributed by atoms with E-state index in [0.29, 0.717) is 12.2 Å². The smallest absolute Gasteiger partial charge is 0.377 e. The van der Waals surface area contributed by atoms with E-state index in [2.05, 4.69) is 15.3 Å². The topological polar surface area (TPSA) is 42.7 Å². The van der Waals surface area contributed by atoms with Crippen LogP contribution in [0.2, 0.25) is 0 Å². The maximum Gasteiger partial charge on any atom is 0.433 e. The summed E-state index contributed by atoms with van der Waals surface area (Å²) in [6.07, 6.45) is 0.202. The molecule has 7 heteroatoms. The number of rotatable bonds is 3. The summed E-state index contributed by atoms with van der Waals surface area (Å²) in [7, 11) is 1.84. The molecule has 0 saturated carbocycles. The molecule has 0 aliphatic rings. The summed E-state index contributed by atoms with van der Waals surface area (Å²) in [4.78, 5) is 7.45. The Bertz CT molecular complexity index is 516. The van der Waals surface area contributed by atoms with Crippen molar-refractivity contribution in [3.8, 4) is 0 Å². The lowest BCUT2D eigenvalue weighted by Crippen LogP contribution is -2.09.